The zero-order valence-corrected chi connectivity index (χ0v) is 19.3. The predicted octanol–water partition coefficient (Wildman–Crippen LogP) is 2.79. The molecule has 32 heavy (non-hydrogen) atoms. The van der Waals surface area contributed by atoms with E-state index in [4.69, 9.17) is 9.47 Å². The summed E-state index contributed by atoms with van der Waals surface area (Å²) < 4.78 is 38.2. The molecule has 2 aliphatic heterocycles. The fraction of sp³-hybridized carbons (Fsp3) is 0.435. The van der Waals surface area contributed by atoms with Gasteiger partial charge in [-0.1, -0.05) is 30.3 Å². The second kappa shape index (κ2) is 9.38. The number of hydrogen-bond acceptors (Lipinski definition) is 5. The SMILES string of the molecule is COc1ccc(S(=O)(=O)N2CCC(N3CCN(Cc4ccccc4)C3=O)CC2)cc1OC. The van der Waals surface area contributed by atoms with Crippen molar-refractivity contribution in [2.75, 3.05) is 40.4 Å². The molecule has 0 aromatic heterocycles. The molecule has 0 atom stereocenters. The number of rotatable bonds is 7. The molecule has 172 valence electrons. The van der Waals surface area contributed by atoms with E-state index < -0.39 is 10.0 Å². The van der Waals surface area contributed by atoms with Crippen molar-refractivity contribution in [2.24, 2.45) is 0 Å². The van der Waals surface area contributed by atoms with Crippen LogP contribution in [0.25, 0.3) is 0 Å². The highest BCUT2D eigenvalue weighted by molar-refractivity contribution is 7.89. The highest BCUT2D eigenvalue weighted by Gasteiger charge is 2.37. The summed E-state index contributed by atoms with van der Waals surface area (Å²) in [5, 5.41) is 0. The number of carbonyl (C=O) groups excluding carboxylic acids is 1. The first kappa shape index (κ1) is 22.4. The number of piperidine rings is 1. The minimum Gasteiger partial charge on any atom is -0.493 e. The molecule has 8 nitrogen and oxygen atoms in total. The van der Waals surface area contributed by atoms with Gasteiger partial charge in [0, 0.05) is 44.8 Å². The minimum atomic E-state index is -3.65. The van der Waals surface area contributed by atoms with Crippen LogP contribution < -0.4 is 9.47 Å². The summed E-state index contributed by atoms with van der Waals surface area (Å²) in [6.45, 7) is 2.73. The molecular formula is C23H29N3O5S. The van der Waals surface area contributed by atoms with E-state index in [0.29, 0.717) is 57.1 Å². The summed E-state index contributed by atoms with van der Waals surface area (Å²) in [6.07, 6.45) is 1.24. The summed E-state index contributed by atoms with van der Waals surface area (Å²) in [5.74, 6) is 0.863. The molecule has 2 fully saturated rings. The molecule has 0 aliphatic carbocycles. The van der Waals surface area contributed by atoms with Crippen LogP contribution in [0.15, 0.2) is 53.4 Å². The van der Waals surface area contributed by atoms with Gasteiger partial charge in [0.2, 0.25) is 10.0 Å². The van der Waals surface area contributed by atoms with Gasteiger partial charge >= 0.3 is 6.03 Å². The molecule has 2 aromatic carbocycles. The summed E-state index contributed by atoms with van der Waals surface area (Å²) in [4.78, 5) is 16.9. The van der Waals surface area contributed by atoms with E-state index in [0.717, 1.165) is 5.56 Å². The van der Waals surface area contributed by atoms with Crippen LogP contribution in [0.1, 0.15) is 18.4 Å². The molecule has 2 heterocycles. The molecule has 0 N–H and O–H groups in total. The van der Waals surface area contributed by atoms with Crippen LogP contribution in [0.4, 0.5) is 4.79 Å². The van der Waals surface area contributed by atoms with Crippen LogP contribution >= 0.6 is 0 Å². The van der Waals surface area contributed by atoms with Gasteiger partial charge in [0.05, 0.1) is 19.1 Å². The Morgan fingerprint density at radius 1 is 0.906 bits per heavy atom. The number of methoxy groups -OCH3 is 2. The molecule has 0 spiro atoms. The molecule has 0 unspecified atom stereocenters. The fourth-order valence-electron chi connectivity index (χ4n) is 4.41. The van der Waals surface area contributed by atoms with Gasteiger partial charge in [0.1, 0.15) is 0 Å². The van der Waals surface area contributed by atoms with Crippen molar-refractivity contribution in [3.05, 3.63) is 54.1 Å². The van der Waals surface area contributed by atoms with Crippen molar-refractivity contribution in [1.29, 1.82) is 0 Å². The first-order chi connectivity index (χ1) is 15.4. The number of ether oxygens (including phenoxy) is 2. The Morgan fingerprint density at radius 2 is 1.59 bits per heavy atom. The van der Waals surface area contributed by atoms with Crippen molar-refractivity contribution in [2.45, 2.75) is 30.3 Å². The third-order valence-corrected chi connectivity index (χ3v) is 8.09. The Hall–Kier alpha value is -2.78. The Labute approximate surface area is 189 Å². The van der Waals surface area contributed by atoms with E-state index in [9.17, 15) is 13.2 Å². The van der Waals surface area contributed by atoms with E-state index in [1.807, 2.05) is 40.1 Å². The van der Waals surface area contributed by atoms with E-state index in [2.05, 4.69) is 0 Å². The molecule has 2 amide bonds. The van der Waals surface area contributed by atoms with Gasteiger partial charge in [-0.05, 0) is 30.5 Å². The molecule has 0 radical (unpaired) electrons. The first-order valence-electron chi connectivity index (χ1n) is 10.8. The van der Waals surface area contributed by atoms with E-state index in [1.54, 1.807) is 6.07 Å². The largest absolute Gasteiger partial charge is 0.493 e. The van der Waals surface area contributed by atoms with Crippen molar-refractivity contribution >= 4 is 16.1 Å². The number of urea groups is 1. The lowest BCUT2D eigenvalue weighted by Crippen LogP contribution is -2.47. The van der Waals surface area contributed by atoms with Crippen LogP contribution in [0.3, 0.4) is 0 Å². The van der Waals surface area contributed by atoms with Crippen molar-refractivity contribution in [3.8, 4) is 11.5 Å². The minimum absolute atomic E-state index is 0.0371. The Kier molecular flexibility index (Phi) is 6.57. The van der Waals surface area contributed by atoms with Crippen LogP contribution in [-0.4, -0.2) is 75.0 Å². The van der Waals surface area contributed by atoms with Gasteiger partial charge in [-0.2, -0.15) is 4.31 Å². The zero-order chi connectivity index (χ0) is 22.7. The Morgan fingerprint density at radius 3 is 2.25 bits per heavy atom. The van der Waals surface area contributed by atoms with Gasteiger partial charge in [0.25, 0.3) is 0 Å². The maximum absolute atomic E-state index is 13.1. The highest BCUT2D eigenvalue weighted by atomic mass is 32.2. The Bertz CT molecular complexity index is 1050. The van der Waals surface area contributed by atoms with Gasteiger partial charge in [0.15, 0.2) is 11.5 Å². The van der Waals surface area contributed by atoms with E-state index in [-0.39, 0.29) is 17.0 Å². The van der Waals surface area contributed by atoms with Crippen LogP contribution in [-0.2, 0) is 16.6 Å². The lowest BCUT2D eigenvalue weighted by atomic mass is 10.1. The monoisotopic (exact) mass is 459 g/mol. The number of nitrogens with zero attached hydrogens (tertiary/aromatic N) is 3. The Balaban J connectivity index is 1.38. The summed E-state index contributed by atoms with van der Waals surface area (Å²) >= 11 is 0. The van der Waals surface area contributed by atoms with Gasteiger partial charge in [-0.25, -0.2) is 13.2 Å². The highest BCUT2D eigenvalue weighted by Crippen LogP contribution is 2.32. The second-order valence-electron chi connectivity index (χ2n) is 8.04. The van der Waals surface area contributed by atoms with Gasteiger partial charge < -0.3 is 19.3 Å². The van der Waals surface area contributed by atoms with Gasteiger partial charge in [-0.15, -0.1) is 0 Å². The van der Waals surface area contributed by atoms with Crippen LogP contribution in [0, 0.1) is 0 Å². The number of amides is 2. The molecule has 0 bridgehead atoms. The molecule has 9 heteroatoms. The third kappa shape index (κ3) is 4.40. The second-order valence-corrected chi connectivity index (χ2v) is 9.97. The lowest BCUT2D eigenvalue weighted by Gasteiger charge is -2.36. The van der Waals surface area contributed by atoms with E-state index >= 15 is 0 Å². The maximum atomic E-state index is 13.1. The summed E-state index contributed by atoms with van der Waals surface area (Å²) in [7, 11) is -0.656. The number of benzene rings is 2. The molecule has 2 aliphatic rings. The standard InChI is InChI=1S/C23H29N3O5S/c1-30-21-9-8-20(16-22(21)31-2)32(28,29)25-12-10-19(11-13-25)26-15-14-24(23(26)27)17-18-6-4-3-5-7-18/h3-9,16,19H,10-15,17H2,1-2H3. The molecule has 4 rings (SSSR count). The molecular weight excluding hydrogens is 430 g/mol. The summed E-state index contributed by atoms with van der Waals surface area (Å²) in [5.41, 5.74) is 1.11. The van der Waals surface area contributed by atoms with E-state index in [1.165, 1.54) is 30.7 Å². The van der Waals surface area contributed by atoms with Crippen molar-refractivity contribution < 1.29 is 22.7 Å². The number of carbonyl (C=O) groups is 1. The molecule has 2 saturated heterocycles. The predicted molar refractivity (Wildman–Crippen MR) is 120 cm³/mol. The normalized spacial score (nSPS) is 18.2. The number of sulfonamides is 1. The quantitative estimate of drug-likeness (QED) is 0.636. The van der Waals surface area contributed by atoms with Gasteiger partial charge in [-0.3, -0.25) is 0 Å². The topological polar surface area (TPSA) is 79.4 Å². The lowest BCUT2D eigenvalue weighted by molar-refractivity contribution is 0.153. The maximum Gasteiger partial charge on any atom is 0.320 e. The molecule has 2 aromatic rings. The first-order valence-corrected chi connectivity index (χ1v) is 12.2. The average Bonchev–Trinajstić information content (AvgIpc) is 3.19. The van der Waals surface area contributed by atoms with Crippen molar-refractivity contribution in [1.82, 2.24) is 14.1 Å². The smallest absolute Gasteiger partial charge is 0.320 e. The molecule has 0 saturated carbocycles. The average molecular weight is 460 g/mol. The fourth-order valence-corrected chi connectivity index (χ4v) is 5.90. The van der Waals surface area contributed by atoms with Crippen LogP contribution in [0.2, 0.25) is 0 Å². The third-order valence-electron chi connectivity index (χ3n) is 6.20. The zero-order valence-electron chi connectivity index (χ0n) is 18.4. The number of hydrogen-bond donors (Lipinski definition) is 0. The van der Waals surface area contributed by atoms with Crippen LogP contribution in [0.5, 0.6) is 11.5 Å². The summed E-state index contributed by atoms with van der Waals surface area (Å²) in [6, 6.07) is 14.7. The van der Waals surface area contributed by atoms with Crippen molar-refractivity contribution in [3.63, 3.8) is 0 Å².